The van der Waals surface area contributed by atoms with Crippen LogP contribution in [0.15, 0.2) is 12.1 Å². The molecule has 0 aliphatic carbocycles. The van der Waals surface area contributed by atoms with Gasteiger partial charge in [-0.25, -0.2) is 0 Å². The van der Waals surface area contributed by atoms with Crippen molar-refractivity contribution in [3.05, 3.63) is 23.3 Å². The summed E-state index contributed by atoms with van der Waals surface area (Å²) in [6.07, 6.45) is 0.975. The molecule has 1 aromatic rings. The van der Waals surface area contributed by atoms with Crippen molar-refractivity contribution in [3.8, 4) is 11.5 Å². The van der Waals surface area contributed by atoms with Crippen LogP contribution in [-0.4, -0.2) is 26.8 Å². The Morgan fingerprint density at radius 3 is 2.67 bits per heavy atom. The zero-order chi connectivity index (χ0) is 10.7. The maximum atomic E-state index is 5.68. The van der Waals surface area contributed by atoms with E-state index >= 15 is 0 Å². The van der Waals surface area contributed by atoms with Crippen LogP contribution in [0.2, 0.25) is 0 Å². The molecular formula is C12H17NO2. The molecule has 1 N–H and O–H groups in total. The molecule has 0 unspecified atom stereocenters. The van der Waals surface area contributed by atoms with Crippen LogP contribution in [0.5, 0.6) is 11.5 Å². The summed E-state index contributed by atoms with van der Waals surface area (Å²) in [5, 5.41) is 3.14. The monoisotopic (exact) mass is 207 g/mol. The zero-order valence-electron chi connectivity index (χ0n) is 9.30. The van der Waals surface area contributed by atoms with E-state index in [2.05, 4.69) is 24.4 Å². The normalized spacial score (nSPS) is 14.0. The maximum Gasteiger partial charge on any atom is 0.164 e. The summed E-state index contributed by atoms with van der Waals surface area (Å²) in [5.41, 5.74) is 2.38. The molecule has 0 saturated heterocycles. The molecule has 3 heteroatoms. The molecule has 15 heavy (non-hydrogen) atoms. The number of rotatable bonds is 3. The minimum Gasteiger partial charge on any atom is -0.486 e. The lowest BCUT2D eigenvalue weighted by atomic mass is 10.1. The van der Waals surface area contributed by atoms with Gasteiger partial charge in [0, 0.05) is 0 Å². The largest absolute Gasteiger partial charge is 0.486 e. The lowest BCUT2D eigenvalue weighted by Gasteiger charge is -2.22. The van der Waals surface area contributed by atoms with Gasteiger partial charge in [-0.3, -0.25) is 0 Å². The molecule has 1 heterocycles. The van der Waals surface area contributed by atoms with Crippen molar-refractivity contribution in [1.29, 1.82) is 0 Å². The van der Waals surface area contributed by atoms with Gasteiger partial charge in [0.15, 0.2) is 11.5 Å². The summed E-state index contributed by atoms with van der Waals surface area (Å²) in [6.45, 7) is 4.32. The fraction of sp³-hybridized carbons (Fsp3) is 0.500. The molecular weight excluding hydrogens is 190 g/mol. The first-order valence-electron chi connectivity index (χ1n) is 5.35. The number of hydrogen-bond donors (Lipinski definition) is 1. The second-order valence-corrected chi connectivity index (χ2v) is 3.75. The first kappa shape index (κ1) is 10.3. The molecule has 0 atom stereocenters. The fourth-order valence-electron chi connectivity index (χ4n) is 1.78. The molecule has 0 spiro atoms. The highest BCUT2D eigenvalue weighted by molar-refractivity contribution is 5.52. The molecule has 0 aromatic heterocycles. The third kappa shape index (κ3) is 2.07. The topological polar surface area (TPSA) is 30.5 Å². The number of hydrogen-bond acceptors (Lipinski definition) is 3. The van der Waals surface area contributed by atoms with Gasteiger partial charge in [0.1, 0.15) is 13.2 Å². The maximum absolute atomic E-state index is 5.68. The highest BCUT2D eigenvalue weighted by Gasteiger charge is 2.17. The summed E-state index contributed by atoms with van der Waals surface area (Å²) in [5.74, 6) is 1.87. The van der Waals surface area contributed by atoms with Crippen molar-refractivity contribution < 1.29 is 9.47 Å². The number of benzene rings is 1. The van der Waals surface area contributed by atoms with E-state index in [1.165, 1.54) is 5.56 Å². The van der Waals surface area contributed by atoms with Crippen molar-refractivity contribution in [2.24, 2.45) is 0 Å². The Kier molecular flexibility index (Phi) is 3.11. The number of nitrogens with one attached hydrogen (secondary N) is 1. The minimum atomic E-state index is 0.656. The van der Waals surface area contributed by atoms with Gasteiger partial charge in [0.05, 0.1) is 0 Å². The average molecular weight is 207 g/mol. The highest BCUT2D eigenvalue weighted by Crippen LogP contribution is 2.36. The van der Waals surface area contributed by atoms with Crippen molar-refractivity contribution in [1.82, 2.24) is 5.32 Å². The highest BCUT2D eigenvalue weighted by atomic mass is 16.6. The molecule has 0 amide bonds. The first-order valence-corrected chi connectivity index (χ1v) is 5.35. The Labute approximate surface area is 90.4 Å². The predicted octanol–water partition coefficient (Wildman–Crippen LogP) is 1.53. The number of fused-ring (bicyclic) bond motifs is 1. The van der Waals surface area contributed by atoms with Crippen LogP contribution in [-0.2, 0) is 6.42 Å². The molecule has 82 valence electrons. The Morgan fingerprint density at radius 1 is 1.20 bits per heavy atom. The first-order chi connectivity index (χ1) is 7.33. The Bertz CT molecular complexity index is 350. The molecule has 3 nitrogen and oxygen atoms in total. The summed E-state index contributed by atoms with van der Waals surface area (Å²) in [4.78, 5) is 0. The molecule has 0 bridgehead atoms. The number of likely N-dealkylation sites (N-methyl/N-ethyl adjacent to an activating group) is 1. The molecule has 1 aliphatic heterocycles. The van der Waals surface area contributed by atoms with E-state index in [4.69, 9.17) is 9.47 Å². The van der Waals surface area contributed by atoms with Gasteiger partial charge in [-0.1, -0.05) is 12.1 Å². The van der Waals surface area contributed by atoms with Crippen LogP contribution in [0.4, 0.5) is 0 Å². The second kappa shape index (κ2) is 4.53. The van der Waals surface area contributed by atoms with Gasteiger partial charge in [-0.15, -0.1) is 0 Å². The summed E-state index contributed by atoms with van der Waals surface area (Å²) in [6, 6.07) is 4.22. The zero-order valence-corrected chi connectivity index (χ0v) is 9.30. The Hall–Kier alpha value is -1.22. The van der Waals surface area contributed by atoms with Gasteiger partial charge >= 0.3 is 0 Å². The van der Waals surface area contributed by atoms with Crippen LogP contribution in [0.3, 0.4) is 0 Å². The van der Waals surface area contributed by atoms with Crippen molar-refractivity contribution >= 4 is 0 Å². The summed E-state index contributed by atoms with van der Waals surface area (Å²) < 4.78 is 11.3. The molecule has 0 saturated carbocycles. The van der Waals surface area contributed by atoms with Gasteiger partial charge in [-0.05, 0) is 38.1 Å². The number of ether oxygens (including phenoxy) is 2. The lowest BCUT2D eigenvalue weighted by molar-refractivity contribution is 0.169. The van der Waals surface area contributed by atoms with Crippen LogP contribution in [0.1, 0.15) is 11.1 Å². The van der Waals surface area contributed by atoms with E-state index in [0.717, 1.165) is 30.0 Å². The molecule has 0 fully saturated rings. The second-order valence-electron chi connectivity index (χ2n) is 3.75. The summed E-state index contributed by atoms with van der Waals surface area (Å²) in [7, 11) is 1.96. The summed E-state index contributed by atoms with van der Waals surface area (Å²) >= 11 is 0. The van der Waals surface area contributed by atoms with Gasteiger partial charge in [0.25, 0.3) is 0 Å². The lowest BCUT2D eigenvalue weighted by Crippen LogP contribution is -2.18. The number of aryl methyl sites for hydroxylation is 1. The molecule has 1 aliphatic rings. The van der Waals surface area contributed by atoms with E-state index in [-0.39, 0.29) is 0 Å². The standard InChI is InChI=1S/C12H17NO2/c1-9-3-4-10(5-6-13-2)12-11(9)14-7-8-15-12/h3-4,13H,5-8H2,1-2H3. The Morgan fingerprint density at radius 2 is 1.93 bits per heavy atom. The van der Waals surface area contributed by atoms with E-state index in [0.29, 0.717) is 13.2 Å². The van der Waals surface area contributed by atoms with E-state index in [9.17, 15) is 0 Å². The van der Waals surface area contributed by atoms with E-state index in [1.54, 1.807) is 0 Å². The van der Waals surface area contributed by atoms with Crippen LogP contribution in [0, 0.1) is 6.92 Å². The average Bonchev–Trinajstić information content (AvgIpc) is 2.29. The van der Waals surface area contributed by atoms with Gasteiger partial charge in [-0.2, -0.15) is 0 Å². The molecule has 0 radical (unpaired) electrons. The minimum absolute atomic E-state index is 0.656. The third-order valence-electron chi connectivity index (χ3n) is 2.61. The van der Waals surface area contributed by atoms with Crippen LogP contribution in [0.25, 0.3) is 0 Å². The van der Waals surface area contributed by atoms with Gasteiger partial charge < -0.3 is 14.8 Å². The van der Waals surface area contributed by atoms with Crippen LogP contribution >= 0.6 is 0 Å². The van der Waals surface area contributed by atoms with E-state index in [1.807, 2.05) is 7.05 Å². The smallest absolute Gasteiger partial charge is 0.164 e. The SMILES string of the molecule is CNCCc1ccc(C)c2c1OCCO2. The fourth-order valence-corrected chi connectivity index (χ4v) is 1.78. The van der Waals surface area contributed by atoms with Crippen LogP contribution < -0.4 is 14.8 Å². The predicted molar refractivity (Wildman–Crippen MR) is 59.8 cm³/mol. The molecule has 1 aromatic carbocycles. The van der Waals surface area contributed by atoms with Gasteiger partial charge in [0.2, 0.25) is 0 Å². The third-order valence-corrected chi connectivity index (χ3v) is 2.61. The van der Waals surface area contributed by atoms with Crippen molar-refractivity contribution in [2.45, 2.75) is 13.3 Å². The van der Waals surface area contributed by atoms with Crippen molar-refractivity contribution in [2.75, 3.05) is 26.8 Å². The Balaban J connectivity index is 2.30. The quantitative estimate of drug-likeness (QED) is 0.815. The van der Waals surface area contributed by atoms with E-state index < -0.39 is 0 Å². The van der Waals surface area contributed by atoms with Crippen molar-refractivity contribution in [3.63, 3.8) is 0 Å². The molecule has 2 rings (SSSR count).